The van der Waals surface area contributed by atoms with Crippen LogP contribution in [0, 0.1) is 11.3 Å². The molecule has 0 aliphatic carbocycles. The molecule has 2 aromatic carbocycles. The zero-order valence-corrected chi connectivity index (χ0v) is 21.5. The number of ether oxygens (including phenoxy) is 1. The van der Waals surface area contributed by atoms with Crippen LogP contribution in [-0.4, -0.2) is 28.3 Å². The molecule has 0 saturated carbocycles. The van der Waals surface area contributed by atoms with Crippen molar-refractivity contribution in [3.63, 3.8) is 0 Å². The first-order valence-corrected chi connectivity index (χ1v) is 11.6. The van der Waals surface area contributed by atoms with Crippen LogP contribution in [0.3, 0.4) is 0 Å². The number of rotatable bonds is 5. The molecule has 0 N–H and O–H groups in total. The highest BCUT2D eigenvalue weighted by atomic mass is 19.4. The topological polar surface area (TPSA) is 90.7 Å². The number of halogens is 3. The third-order valence-electron chi connectivity index (χ3n) is 5.63. The lowest BCUT2D eigenvalue weighted by Crippen LogP contribution is -2.48. The Kier molecular flexibility index (Phi) is 7.82. The Bertz CT molecular complexity index is 1360. The Morgan fingerprint density at radius 3 is 2.24 bits per heavy atom. The van der Waals surface area contributed by atoms with Gasteiger partial charge in [0.25, 0.3) is 0 Å². The molecular formula is C28H26F3N3O4. The first-order chi connectivity index (χ1) is 17.6. The quantitative estimate of drug-likeness (QED) is 0.339. The monoisotopic (exact) mass is 525 g/mol. The van der Waals surface area contributed by atoms with Crippen molar-refractivity contribution in [1.29, 1.82) is 5.26 Å². The third kappa shape index (κ3) is 6.11. The van der Waals surface area contributed by atoms with Crippen molar-refractivity contribution in [3.8, 4) is 6.07 Å². The summed E-state index contributed by atoms with van der Waals surface area (Å²) in [7, 11) is 0. The van der Waals surface area contributed by atoms with E-state index in [-0.39, 0.29) is 17.0 Å². The fraction of sp³-hybridized carbons (Fsp3) is 0.286. The van der Waals surface area contributed by atoms with Crippen LogP contribution in [0.2, 0.25) is 0 Å². The van der Waals surface area contributed by atoms with E-state index in [0.717, 1.165) is 34.2 Å². The van der Waals surface area contributed by atoms with Gasteiger partial charge in [-0.3, -0.25) is 14.6 Å². The van der Waals surface area contributed by atoms with Gasteiger partial charge in [0, 0.05) is 23.5 Å². The van der Waals surface area contributed by atoms with Crippen LogP contribution in [0.4, 0.5) is 23.7 Å². The van der Waals surface area contributed by atoms with Crippen molar-refractivity contribution in [1.82, 2.24) is 4.90 Å². The molecule has 10 heteroatoms. The molecule has 2 amide bonds. The van der Waals surface area contributed by atoms with E-state index in [0.29, 0.717) is 11.1 Å². The van der Waals surface area contributed by atoms with Gasteiger partial charge < -0.3 is 4.74 Å². The number of carbonyl (C=O) groups excluding carboxylic acids is 3. The molecule has 3 rings (SSSR count). The van der Waals surface area contributed by atoms with E-state index in [1.54, 1.807) is 32.9 Å². The van der Waals surface area contributed by atoms with E-state index < -0.39 is 41.2 Å². The van der Waals surface area contributed by atoms with E-state index in [4.69, 9.17) is 10.00 Å². The average Bonchev–Trinajstić information content (AvgIpc) is 2.81. The van der Waals surface area contributed by atoms with Gasteiger partial charge in [-0.2, -0.15) is 18.4 Å². The number of alkyl halides is 3. The normalized spacial score (nSPS) is 16.6. The van der Waals surface area contributed by atoms with Crippen LogP contribution in [0.1, 0.15) is 57.4 Å². The summed E-state index contributed by atoms with van der Waals surface area (Å²) in [5, 5.41) is 9.17. The van der Waals surface area contributed by atoms with Crippen molar-refractivity contribution in [2.75, 3.05) is 4.90 Å². The van der Waals surface area contributed by atoms with Gasteiger partial charge in [-0.05, 0) is 70.5 Å². The molecule has 0 saturated heterocycles. The molecule has 1 aliphatic rings. The summed E-state index contributed by atoms with van der Waals surface area (Å²) in [5.41, 5.74) is -0.814. The van der Waals surface area contributed by atoms with Gasteiger partial charge >= 0.3 is 18.2 Å². The number of carbonyl (C=O) groups is 3. The molecule has 0 spiro atoms. The van der Waals surface area contributed by atoms with Crippen molar-refractivity contribution in [2.45, 2.75) is 52.4 Å². The molecule has 1 aliphatic heterocycles. The van der Waals surface area contributed by atoms with Gasteiger partial charge in [0.05, 0.1) is 28.9 Å². The van der Waals surface area contributed by atoms with Crippen molar-refractivity contribution in [2.24, 2.45) is 0 Å². The van der Waals surface area contributed by atoms with Crippen LogP contribution in [0.5, 0.6) is 0 Å². The molecule has 198 valence electrons. The number of amides is 2. The fourth-order valence-electron chi connectivity index (χ4n) is 4.09. The number of benzene rings is 2. The number of nitrogens with zero attached hydrogens (tertiary/aromatic N) is 3. The summed E-state index contributed by atoms with van der Waals surface area (Å²) in [6.45, 7) is 7.75. The third-order valence-corrected chi connectivity index (χ3v) is 5.63. The van der Waals surface area contributed by atoms with Crippen LogP contribution < -0.4 is 4.90 Å². The van der Waals surface area contributed by atoms with Gasteiger partial charge in [0.15, 0.2) is 5.78 Å². The molecule has 1 heterocycles. The van der Waals surface area contributed by atoms with Gasteiger partial charge in [-0.15, -0.1) is 0 Å². The molecular weight excluding hydrogens is 499 g/mol. The lowest BCUT2D eigenvalue weighted by atomic mass is 9.90. The van der Waals surface area contributed by atoms with Gasteiger partial charge in [0.1, 0.15) is 5.60 Å². The number of ketones is 1. The summed E-state index contributed by atoms with van der Waals surface area (Å²) in [6, 6.07) is 10.5. The number of urea groups is 1. The Morgan fingerprint density at radius 2 is 1.71 bits per heavy atom. The summed E-state index contributed by atoms with van der Waals surface area (Å²) < 4.78 is 45.6. The maximum atomic E-state index is 13.8. The number of esters is 1. The summed E-state index contributed by atoms with van der Waals surface area (Å²) in [4.78, 5) is 41.3. The molecule has 0 aromatic heterocycles. The minimum Gasteiger partial charge on any atom is -0.457 e. The number of hydrogen-bond donors (Lipinski definition) is 0. The number of anilines is 1. The molecule has 0 fully saturated rings. The van der Waals surface area contributed by atoms with Gasteiger partial charge in [-0.25, -0.2) is 9.59 Å². The maximum absolute atomic E-state index is 13.8. The number of nitriles is 1. The van der Waals surface area contributed by atoms with E-state index in [9.17, 15) is 27.6 Å². The first-order valence-electron chi connectivity index (χ1n) is 11.6. The van der Waals surface area contributed by atoms with E-state index >= 15 is 0 Å². The second-order valence-electron chi connectivity index (χ2n) is 9.61. The van der Waals surface area contributed by atoms with E-state index in [2.05, 4.69) is 0 Å². The average molecular weight is 526 g/mol. The maximum Gasteiger partial charge on any atom is 0.416 e. The summed E-state index contributed by atoms with van der Waals surface area (Å²) >= 11 is 0. The standard InChI is InChI=1S/C28H26F3N3O4/c1-17-24(18(2)35)25(20-11-9-19(16-32)10-12-20)33(14-13-23(36)38-27(3,4)5)26(37)34(17)22-8-6-7-21(15-22)28(29,30)31/h6-15,25H,1-5H3/b14-13+. The van der Waals surface area contributed by atoms with Crippen LogP contribution in [0.25, 0.3) is 0 Å². The highest BCUT2D eigenvalue weighted by Crippen LogP contribution is 2.41. The molecule has 0 radical (unpaired) electrons. The van der Waals surface area contributed by atoms with Crippen LogP contribution in [-0.2, 0) is 20.5 Å². The van der Waals surface area contributed by atoms with E-state index in [1.165, 1.54) is 38.1 Å². The lowest BCUT2D eigenvalue weighted by molar-refractivity contribution is -0.148. The minimum atomic E-state index is -4.66. The molecule has 0 bridgehead atoms. The molecule has 2 aromatic rings. The number of hydrogen-bond acceptors (Lipinski definition) is 5. The summed E-state index contributed by atoms with van der Waals surface area (Å²) in [5.74, 6) is -1.19. The second kappa shape index (κ2) is 10.5. The highest BCUT2D eigenvalue weighted by Gasteiger charge is 2.41. The van der Waals surface area contributed by atoms with Crippen LogP contribution >= 0.6 is 0 Å². The predicted molar refractivity (Wildman–Crippen MR) is 133 cm³/mol. The molecule has 1 unspecified atom stereocenters. The first kappa shape index (κ1) is 28.2. The minimum absolute atomic E-state index is 0.102. The van der Waals surface area contributed by atoms with Crippen molar-refractivity contribution < 1.29 is 32.3 Å². The molecule has 1 atom stereocenters. The zero-order valence-electron chi connectivity index (χ0n) is 21.5. The predicted octanol–water partition coefficient (Wildman–Crippen LogP) is 6.28. The lowest BCUT2D eigenvalue weighted by Gasteiger charge is -2.41. The van der Waals surface area contributed by atoms with E-state index in [1.807, 2.05) is 6.07 Å². The Labute approximate surface area is 218 Å². The SMILES string of the molecule is CC(=O)C1=C(C)N(c2cccc(C(F)(F)F)c2)C(=O)N(/C=C/C(=O)OC(C)(C)C)C1c1ccc(C#N)cc1. The van der Waals surface area contributed by atoms with Crippen molar-refractivity contribution >= 4 is 23.5 Å². The second-order valence-corrected chi connectivity index (χ2v) is 9.61. The molecule has 7 nitrogen and oxygen atoms in total. The Balaban J connectivity index is 2.23. The van der Waals surface area contributed by atoms with Crippen LogP contribution in [0.15, 0.2) is 72.1 Å². The zero-order chi connectivity index (χ0) is 28.4. The van der Waals surface area contributed by atoms with Crippen molar-refractivity contribution in [3.05, 3.63) is 88.8 Å². The number of allylic oxidation sites excluding steroid dienone is 1. The van der Waals surface area contributed by atoms with Gasteiger partial charge in [0.2, 0.25) is 0 Å². The largest absolute Gasteiger partial charge is 0.457 e. The highest BCUT2D eigenvalue weighted by molar-refractivity contribution is 6.05. The fourth-order valence-corrected chi connectivity index (χ4v) is 4.09. The molecule has 38 heavy (non-hydrogen) atoms. The van der Waals surface area contributed by atoms with Gasteiger partial charge in [-0.1, -0.05) is 18.2 Å². The number of Topliss-reactive ketones (excluding diaryl/α,β-unsaturated/α-hetero) is 1. The Morgan fingerprint density at radius 1 is 1.08 bits per heavy atom. The Hall–Kier alpha value is -4.39. The smallest absolute Gasteiger partial charge is 0.416 e. The summed E-state index contributed by atoms with van der Waals surface area (Å²) in [6.07, 6.45) is -2.49.